The van der Waals surface area contributed by atoms with E-state index in [1.54, 1.807) is 18.2 Å². The molecular formula is C19H19Cl2NO3S. The third kappa shape index (κ3) is 3.14. The van der Waals surface area contributed by atoms with Gasteiger partial charge in [-0.25, -0.2) is 8.42 Å². The number of fused-ring (bicyclic) bond motifs is 3. The van der Waals surface area contributed by atoms with Crippen LogP contribution in [0, 0.1) is 0 Å². The Morgan fingerprint density at radius 1 is 1.15 bits per heavy atom. The van der Waals surface area contributed by atoms with E-state index in [0.717, 1.165) is 41.7 Å². The van der Waals surface area contributed by atoms with Crippen molar-refractivity contribution in [2.75, 3.05) is 6.54 Å². The summed E-state index contributed by atoms with van der Waals surface area (Å²) in [7, 11) is -3.63. The van der Waals surface area contributed by atoms with Gasteiger partial charge in [-0.1, -0.05) is 30.7 Å². The molecule has 0 saturated carbocycles. The second kappa shape index (κ2) is 7.24. The summed E-state index contributed by atoms with van der Waals surface area (Å²) in [6.07, 6.45) is 1.65. The minimum Gasteiger partial charge on any atom is -0.459 e. The average molecular weight is 412 g/mol. The van der Waals surface area contributed by atoms with Crippen molar-refractivity contribution in [1.29, 1.82) is 0 Å². The molecular weight excluding hydrogens is 393 g/mol. The van der Waals surface area contributed by atoms with Crippen molar-refractivity contribution >= 4 is 44.8 Å². The molecule has 0 amide bonds. The van der Waals surface area contributed by atoms with E-state index in [0.29, 0.717) is 17.2 Å². The molecule has 0 radical (unpaired) electrons. The van der Waals surface area contributed by atoms with Gasteiger partial charge in [0.15, 0.2) is 5.58 Å². The highest BCUT2D eigenvalue weighted by atomic mass is 35.5. The summed E-state index contributed by atoms with van der Waals surface area (Å²) in [5.74, 6) is 0.887. The summed E-state index contributed by atoms with van der Waals surface area (Å²) in [5.41, 5.74) is 2.67. The molecule has 0 bridgehead atoms. The number of hydrogen-bond donors (Lipinski definition) is 1. The Kier molecular flexibility index (Phi) is 5.35. The summed E-state index contributed by atoms with van der Waals surface area (Å²) in [5, 5.41) is 4.39. The maximum absolute atomic E-state index is 13.0. The molecule has 1 N–H and O–H groups in total. The number of sulfone groups is 1. The minimum atomic E-state index is -3.63. The lowest BCUT2D eigenvalue weighted by atomic mass is 10.1. The Bertz CT molecular complexity index is 1060. The summed E-state index contributed by atoms with van der Waals surface area (Å²) in [6, 6.07) is 10.2. The Morgan fingerprint density at radius 2 is 1.88 bits per heavy atom. The van der Waals surface area contributed by atoms with Gasteiger partial charge in [0.2, 0.25) is 9.84 Å². The molecule has 0 spiro atoms. The van der Waals surface area contributed by atoms with Crippen molar-refractivity contribution < 1.29 is 12.8 Å². The molecule has 1 aromatic heterocycles. The highest BCUT2D eigenvalue weighted by molar-refractivity contribution is 7.91. The van der Waals surface area contributed by atoms with Crippen LogP contribution in [0.4, 0.5) is 0 Å². The lowest BCUT2D eigenvalue weighted by Crippen LogP contribution is -2.22. The maximum Gasteiger partial charge on any atom is 0.206 e. The molecule has 4 nitrogen and oxygen atoms in total. The highest BCUT2D eigenvalue weighted by Gasteiger charge is 2.24. The Balaban J connectivity index is 0.00000196. The monoisotopic (exact) mass is 411 g/mol. The fourth-order valence-corrected chi connectivity index (χ4v) is 4.87. The second-order valence-electron chi connectivity index (χ2n) is 6.21. The second-order valence-corrected chi connectivity index (χ2v) is 8.57. The molecule has 0 fully saturated rings. The van der Waals surface area contributed by atoms with Crippen molar-refractivity contribution in [3.63, 3.8) is 0 Å². The Morgan fingerprint density at radius 3 is 2.58 bits per heavy atom. The van der Waals surface area contributed by atoms with Gasteiger partial charge in [-0.3, -0.25) is 0 Å². The van der Waals surface area contributed by atoms with E-state index in [1.807, 2.05) is 19.1 Å². The van der Waals surface area contributed by atoms with Gasteiger partial charge in [-0.15, -0.1) is 12.4 Å². The van der Waals surface area contributed by atoms with Gasteiger partial charge in [-0.05, 0) is 36.2 Å². The first-order valence-electron chi connectivity index (χ1n) is 8.29. The van der Waals surface area contributed by atoms with Crippen LogP contribution >= 0.6 is 24.0 Å². The van der Waals surface area contributed by atoms with E-state index in [2.05, 4.69) is 5.32 Å². The smallest absolute Gasteiger partial charge is 0.206 e. The Labute approximate surface area is 163 Å². The zero-order valence-electron chi connectivity index (χ0n) is 14.2. The highest BCUT2D eigenvalue weighted by Crippen LogP contribution is 2.36. The summed E-state index contributed by atoms with van der Waals surface area (Å²) in [4.78, 5) is 0.471. The van der Waals surface area contributed by atoms with E-state index in [9.17, 15) is 8.42 Å². The fourth-order valence-electron chi connectivity index (χ4n) is 3.24. The van der Waals surface area contributed by atoms with Crippen LogP contribution in [0.15, 0.2) is 50.6 Å². The van der Waals surface area contributed by atoms with Crippen molar-refractivity contribution in [3.05, 3.63) is 58.3 Å². The first-order chi connectivity index (χ1) is 12.0. The lowest BCUT2D eigenvalue weighted by Gasteiger charge is -2.11. The molecule has 0 unspecified atom stereocenters. The van der Waals surface area contributed by atoms with E-state index >= 15 is 0 Å². The molecule has 138 valence electrons. The van der Waals surface area contributed by atoms with Crippen molar-refractivity contribution in [2.45, 2.75) is 36.1 Å². The third-order valence-electron chi connectivity index (χ3n) is 4.69. The van der Waals surface area contributed by atoms with Crippen LogP contribution in [0.25, 0.3) is 11.0 Å². The average Bonchev–Trinajstić information content (AvgIpc) is 3.01. The topological polar surface area (TPSA) is 59.3 Å². The number of aryl methyl sites for hydroxylation is 1. The van der Waals surface area contributed by atoms with Crippen LogP contribution in [-0.4, -0.2) is 15.0 Å². The van der Waals surface area contributed by atoms with Crippen LogP contribution in [0.3, 0.4) is 0 Å². The van der Waals surface area contributed by atoms with Crippen molar-refractivity contribution in [2.24, 2.45) is 0 Å². The number of halogens is 2. The first-order valence-corrected chi connectivity index (χ1v) is 10.2. The molecule has 1 aliphatic rings. The lowest BCUT2D eigenvalue weighted by molar-refractivity contribution is 0.500. The zero-order chi connectivity index (χ0) is 17.6. The predicted octanol–water partition coefficient (Wildman–Crippen LogP) is 4.55. The zero-order valence-corrected chi connectivity index (χ0v) is 16.6. The van der Waals surface area contributed by atoms with Crippen LogP contribution in [-0.2, 0) is 29.2 Å². The minimum absolute atomic E-state index is 0. The van der Waals surface area contributed by atoms with Gasteiger partial charge in [0.1, 0.15) is 5.76 Å². The number of hydrogen-bond acceptors (Lipinski definition) is 4. The number of rotatable bonds is 3. The molecule has 4 rings (SSSR count). The largest absolute Gasteiger partial charge is 0.459 e. The molecule has 2 heterocycles. The van der Waals surface area contributed by atoms with E-state index in [-0.39, 0.29) is 22.2 Å². The first kappa shape index (κ1) is 19.2. The van der Waals surface area contributed by atoms with Gasteiger partial charge in [0, 0.05) is 30.5 Å². The van der Waals surface area contributed by atoms with E-state index in [4.69, 9.17) is 16.0 Å². The van der Waals surface area contributed by atoms with Gasteiger partial charge < -0.3 is 9.73 Å². The summed E-state index contributed by atoms with van der Waals surface area (Å²) < 4.78 is 31.9. The maximum atomic E-state index is 13.0. The number of furan rings is 1. The van der Waals surface area contributed by atoms with Crippen molar-refractivity contribution in [3.8, 4) is 0 Å². The number of benzene rings is 2. The SMILES string of the molecule is CCc1ccc(S(=O)(=O)c2cc(Cl)c3oc4c(c3c2)CNCC4)cc1.Cl. The quantitative estimate of drug-likeness (QED) is 0.686. The molecule has 1 aliphatic heterocycles. The summed E-state index contributed by atoms with van der Waals surface area (Å²) >= 11 is 6.34. The predicted molar refractivity (Wildman–Crippen MR) is 105 cm³/mol. The van der Waals surface area contributed by atoms with Gasteiger partial charge in [0.25, 0.3) is 0 Å². The summed E-state index contributed by atoms with van der Waals surface area (Å²) in [6.45, 7) is 3.54. The van der Waals surface area contributed by atoms with Crippen LogP contribution in [0.5, 0.6) is 0 Å². The van der Waals surface area contributed by atoms with E-state index in [1.165, 1.54) is 6.07 Å². The van der Waals surface area contributed by atoms with Gasteiger partial charge >= 0.3 is 0 Å². The molecule has 0 atom stereocenters. The molecule has 3 aromatic rings. The third-order valence-corrected chi connectivity index (χ3v) is 6.72. The normalized spacial score (nSPS) is 14.1. The molecule has 0 aliphatic carbocycles. The van der Waals surface area contributed by atoms with Crippen LogP contribution in [0.1, 0.15) is 23.8 Å². The van der Waals surface area contributed by atoms with Crippen LogP contribution in [0.2, 0.25) is 5.02 Å². The van der Waals surface area contributed by atoms with Gasteiger partial charge in [0.05, 0.1) is 14.8 Å². The molecule has 7 heteroatoms. The van der Waals surface area contributed by atoms with Crippen molar-refractivity contribution in [1.82, 2.24) is 5.32 Å². The standard InChI is InChI=1S/C19H18ClNO3S.ClH/c1-2-12-3-5-13(6-4-12)25(22,23)14-9-15-16-11-21-8-7-18(16)24-19(15)17(20)10-14;/h3-6,9-10,21H,2,7-8,11H2,1H3;1H. The molecule has 26 heavy (non-hydrogen) atoms. The fraction of sp³-hybridized carbons (Fsp3) is 0.263. The Hall–Kier alpha value is -1.53. The molecule has 0 saturated heterocycles. The van der Waals surface area contributed by atoms with Gasteiger partial charge in [-0.2, -0.15) is 0 Å². The number of nitrogens with one attached hydrogen (secondary N) is 1. The molecule has 2 aromatic carbocycles. The van der Waals surface area contributed by atoms with E-state index < -0.39 is 9.84 Å². The van der Waals surface area contributed by atoms with Crippen LogP contribution < -0.4 is 5.32 Å².